The molecular formula is C12H16ClNO2. The highest BCUT2D eigenvalue weighted by molar-refractivity contribution is 6.20. The Balaban J connectivity index is 2.59. The predicted molar refractivity (Wildman–Crippen MR) is 64.7 cm³/mol. The van der Waals surface area contributed by atoms with Crippen LogP contribution in [0.25, 0.3) is 0 Å². The standard InChI is InChI=1S/C12H16ClNO2/c1-10(13)7-14(9-12(15)16)8-11-5-3-2-4-6-11/h2-6,10H,7-9H2,1H3,(H,15,16). The van der Waals surface area contributed by atoms with Crippen molar-refractivity contribution >= 4 is 17.6 Å². The van der Waals surface area contributed by atoms with Gasteiger partial charge in [0.2, 0.25) is 0 Å². The molecule has 1 N–H and O–H groups in total. The van der Waals surface area contributed by atoms with E-state index < -0.39 is 5.97 Å². The maximum atomic E-state index is 10.7. The number of carboxylic acids is 1. The van der Waals surface area contributed by atoms with E-state index in [1.54, 1.807) is 0 Å². The van der Waals surface area contributed by atoms with Crippen LogP contribution in [0.1, 0.15) is 12.5 Å². The number of alkyl halides is 1. The van der Waals surface area contributed by atoms with Gasteiger partial charge in [-0.25, -0.2) is 0 Å². The van der Waals surface area contributed by atoms with Crippen molar-refractivity contribution in [3.8, 4) is 0 Å². The second-order valence-corrected chi connectivity index (χ2v) is 4.57. The molecule has 4 heteroatoms. The van der Waals surface area contributed by atoms with E-state index >= 15 is 0 Å². The first-order valence-electron chi connectivity index (χ1n) is 5.20. The topological polar surface area (TPSA) is 40.5 Å². The van der Waals surface area contributed by atoms with Crippen molar-refractivity contribution in [2.24, 2.45) is 0 Å². The van der Waals surface area contributed by atoms with Gasteiger partial charge >= 0.3 is 5.97 Å². The number of hydrogen-bond acceptors (Lipinski definition) is 2. The van der Waals surface area contributed by atoms with Gasteiger partial charge in [0.25, 0.3) is 0 Å². The lowest BCUT2D eigenvalue weighted by molar-refractivity contribution is -0.138. The number of halogens is 1. The Labute approximate surface area is 101 Å². The number of nitrogens with zero attached hydrogens (tertiary/aromatic N) is 1. The molecule has 0 fully saturated rings. The van der Waals surface area contributed by atoms with Crippen molar-refractivity contribution in [2.45, 2.75) is 18.8 Å². The minimum atomic E-state index is -0.826. The minimum Gasteiger partial charge on any atom is -0.480 e. The van der Waals surface area contributed by atoms with Crippen molar-refractivity contribution in [3.63, 3.8) is 0 Å². The number of aliphatic carboxylic acids is 1. The molecule has 1 aromatic rings. The molecule has 0 aliphatic carbocycles. The normalized spacial score (nSPS) is 12.7. The van der Waals surface area contributed by atoms with Gasteiger partial charge in [0.05, 0.1) is 6.54 Å². The van der Waals surface area contributed by atoms with Gasteiger partial charge in [-0.3, -0.25) is 9.69 Å². The summed E-state index contributed by atoms with van der Waals surface area (Å²) >= 11 is 5.89. The predicted octanol–water partition coefficient (Wildman–Crippen LogP) is 2.20. The smallest absolute Gasteiger partial charge is 0.317 e. The van der Waals surface area contributed by atoms with Crippen molar-refractivity contribution in [3.05, 3.63) is 35.9 Å². The Kier molecular flexibility index (Phi) is 5.29. The summed E-state index contributed by atoms with van der Waals surface area (Å²) in [5.41, 5.74) is 1.10. The third-order valence-corrected chi connectivity index (χ3v) is 2.26. The van der Waals surface area contributed by atoms with Crippen LogP contribution in [0.5, 0.6) is 0 Å². The number of carboxylic acid groups (broad SMARTS) is 1. The van der Waals surface area contributed by atoms with Crippen molar-refractivity contribution in [2.75, 3.05) is 13.1 Å². The van der Waals surface area contributed by atoms with Gasteiger partial charge in [-0.2, -0.15) is 0 Å². The maximum absolute atomic E-state index is 10.7. The lowest BCUT2D eigenvalue weighted by Gasteiger charge is -2.21. The molecule has 1 aromatic carbocycles. The lowest BCUT2D eigenvalue weighted by atomic mass is 10.2. The highest BCUT2D eigenvalue weighted by Crippen LogP contribution is 2.06. The van der Waals surface area contributed by atoms with E-state index in [1.165, 1.54) is 0 Å². The Bertz CT molecular complexity index is 327. The highest BCUT2D eigenvalue weighted by atomic mass is 35.5. The summed E-state index contributed by atoms with van der Waals surface area (Å²) in [6.07, 6.45) is 0. The monoisotopic (exact) mass is 241 g/mol. The van der Waals surface area contributed by atoms with Gasteiger partial charge < -0.3 is 5.11 Å². The zero-order valence-electron chi connectivity index (χ0n) is 9.27. The molecule has 0 amide bonds. The van der Waals surface area contributed by atoms with E-state index in [4.69, 9.17) is 16.7 Å². The van der Waals surface area contributed by atoms with Gasteiger partial charge in [-0.15, -0.1) is 11.6 Å². The van der Waals surface area contributed by atoms with Crippen LogP contribution in [0.2, 0.25) is 0 Å². The van der Waals surface area contributed by atoms with Crippen LogP contribution >= 0.6 is 11.6 Å². The second-order valence-electron chi connectivity index (χ2n) is 3.83. The van der Waals surface area contributed by atoms with Crippen LogP contribution in [0.15, 0.2) is 30.3 Å². The van der Waals surface area contributed by atoms with E-state index in [2.05, 4.69) is 0 Å². The molecule has 1 rings (SSSR count). The first-order chi connectivity index (χ1) is 7.58. The molecular weight excluding hydrogens is 226 g/mol. The zero-order chi connectivity index (χ0) is 12.0. The van der Waals surface area contributed by atoms with Crippen LogP contribution in [0.3, 0.4) is 0 Å². The van der Waals surface area contributed by atoms with Gasteiger partial charge in [0, 0.05) is 18.5 Å². The molecule has 0 bridgehead atoms. The average molecular weight is 242 g/mol. The van der Waals surface area contributed by atoms with Crippen LogP contribution in [0, 0.1) is 0 Å². The molecule has 0 aliphatic heterocycles. The summed E-state index contributed by atoms with van der Waals surface area (Å²) in [5.74, 6) is -0.826. The molecule has 0 saturated carbocycles. The van der Waals surface area contributed by atoms with Crippen molar-refractivity contribution in [1.29, 1.82) is 0 Å². The minimum absolute atomic E-state index is 0.0198. The summed E-state index contributed by atoms with van der Waals surface area (Å²) in [6.45, 7) is 3.07. The van der Waals surface area contributed by atoms with E-state index in [-0.39, 0.29) is 11.9 Å². The Hall–Kier alpha value is -1.06. The lowest BCUT2D eigenvalue weighted by Crippen LogP contribution is -2.33. The molecule has 1 unspecified atom stereocenters. The molecule has 16 heavy (non-hydrogen) atoms. The zero-order valence-corrected chi connectivity index (χ0v) is 10.0. The summed E-state index contributed by atoms with van der Waals surface area (Å²) < 4.78 is 0. The fourth-order valence-corrected chi connectivity index (χ4v) is 1.77. The van der Waals surface area contributed by atoms with Gasteiger partial charge in [0.15, 0.2) is 0 Å². The second kappa shape index (κ2) is 6.51. The van der Waals surface area contributed by atoms with E-state index in [0.717, 1.165) is 5.56 Å². The molecule has 0 aliphatic rings. The van der Waals surface area contributed by atoms with Gasteiger partial charge in [-0.1, -0.05) is 30.3 Å². The number of carbonyl (C=O) groups is 1. The molecule has 0 saturated heterocycles. The summed E-state index contributed by atoms with van der Waals surface area (Å²) in [5, 5.41) is 8.74. The fourth-order valence-electron chi connectivity index (χ4n) is 1.57. The van der Waals surface area contributed by atoms with Crippen LogP contribution in [0.4, 0.5) is 0 Å². The molecule has 1 atom stereocenters. The number of hydrogen-bond donors (Lipinski definition) is 1. The quantitative estimate of drug-likeness (QED) is 0.777. The first kappa shape index (κ1) is 13.0. The summed E-state index contributed by atoms with van der Waals surface area (Å²) in [4.78, 5) is 12.5. The Morgan fingerprint density at radius 1 is 1.44 bits per heavy atom. The summed E-state index contributed by atoms with van der Waals surface area (Å²) in [7, 11) is 0. The molecule has 0 spiro atoms. The molecule has 0 heterocycles. The maximum Gasteiger partial charge on any atom is 0.317 e. The SMILES string of the molecule is CC(Cl)CN(CC(=O)O)Cc1ccccc1. The van der Waals surface area contributed by atoms with Crippen molar-refractivity contribution in [1.82, 2.24) is 4.90 Å². The highest BCUT2D eigenvalue weighted by Gasteiger charge is 2.12. The van der Waals surface area contributed by atoms with E-state index in [9.17, 15) is 4.79 Å². The average Bonchev–Trinajstić information content (AvgIpc) is 2.16. The first-order valence-corrected chi connectivity index (χ1v) is 5.63. The third kappa shape index (κ3) is 5.14. The third-order valence-electron chi connectivity index (χ3n) is 2.12. The van der Waals surface area contributed by atoms with Crippen LogP contribution in [-0.4, -0.2) is 34.4 Å². The Morgan fingerprint density at radius 3 is 2.56 bits per heavy atom. The van der Waals surface area contributed by atoms with Crippen LogP contribution in [-0.2, 0) is 11.3 Å². The Morgan fingerprint density at radius 2 is 2.06 bits per heavy atom. The van der Waals surface area contributed by atoms with E-state index in [0.29, 0.717) is 13.1 Å². The molecule has 3 nitrogen and oxygen atoms in total. The number of rotatable bonds is 6. The number of benzene rings is 1. The molecule has 88 valence electrons. The van der Waals surface area contributed by atoms with Gasteiger partial charge in [0.1, 0.15) is 0 Å². The van der Waals surface area contributed by atoms with E-state index in [1.807, 2.05) is 42.2 Å². The van der Waals surface area contributed by atoms with Crippen LogP contribution < -0.4 is 0 Å². The fraction of sp³-hybridized carbons (Fsp3) is 0.417. The molecule has 0 aromatic heterocycles. The van der Waals surface area contributed by atoms with Crippen molar-refractivity contribution < 1.29 is 9.90 Å². The molecule has 0 radical (unpaired) electrons. The van der Waals surface area contributed by atoms with Gasteiger partial charge in [-0.05, 0) is 12.5 Å². The largest absolute Gasteiger partial charge is 0.480 e. The summed E-state index contributed by atoms with van der Waals surface area (Å²) in [6, 6.07) is 9.79.